The summed E-state index contributed by atoms with van der Waals surface area (Å²) in [7, 11) is 0. The number of nitrogens with two attached hydrogens (primary N) is 1. The molecule has 5 heteroatoms. The van der Waals surface area contributed by atoms with Crippen LogP contribution in [0.2, 0.25) is 0 Å². The number of thiophene rings is 1. The Kier molecular flexibility index (Phi) is 4.17. The van der Waals surface area contributed by atoms with Crippen LogP contribution >= 0.6 is 27.3 Å². The molecule has 1 heterocycles. The zero-order valence-electron chi connectivity index (χ0n) is 9.39. The lowest BCUT2D eigenvalue weighted by molar-refractivity contribution is -0.111. The van der Waals surface area contributed by atoms with E-state index < -0.39 is 0 Å². The Hall–Kier alpha value is -1.59. The molecule has 3 nitrogen and oxygen atoms in total. The first kappa shape index (κ1) is 12.9. The van der Waals surface area contributed by atoms with Crippen molar-refractivity contribution in [2.45, 2.75) is 0 Å². The van der Waals surface area contributed by atoms with Crippen molar-refractivity contribution in [3.63, 3.8) is 0 Å². The van der Waals surface area contributed by atoms with Crippen molar-refractivity contribution in [3.8, 4) is 0 Å². The van der Waals surface area contributed by atoms with Crippen molar-refractivity contribution in [2.75, 3.05) is 11.1 Å². The normalized spacial score (nSPS) is 10.7. The van der Waals surface area contributed by atoms with Gasteiger partial charge in [0.25, 0.3) is 0 Å². The second-order valence-electron chi connectivity index (χ2n) is 3.58. The van der Waals surface area contributed by atoms with Crippen LogP contribution in [0.5, 0.6) is 0 Å². The van der Waals surface area contributed by atoms with Crippen molar-refractivity contribution < 1.29 is 4.79 Å². The van der Waals surface area contributed by atoms with Gasteiger partial charge in [-0.2, -0.15) is 0 Å². The van der Waals surface area contributed by atoms with E-state index in [0.717, 1.165) is 9.35 Å². The molecule has 0 bridgehead atoms. The average Bonchev–Trinajstić information content (AvgIpc) is 2.83. The van der Waals surface area contributed by atoms with Gasteiger partial charge in [0, 0.05) is 21.1 Å². The molecule has 0 aliphatic rings. The van der Waals surface area contributed by atoms with Crippen LogP contribution in [-0.4, -0.2) is 5.91 Å². The van der Waals surface area contributed by atoms with Gasteiger partial charge >= 0.3 is 0 Å². The van der Waals surface area contributed by atoms with Crippen LogP contribution in [0.4, 0.5) is 11.4 Å². The molecule has 0 unspecified atom stereocenters. The minimum absolute atomic E-state index is 0.172. The van der Waals surface area contributed by atoms with E-state index >= 15 is 0 Å². The van der Waals surface area contributed by atoms with Gasteiger partial charge in [-0.05, 0) is 51.7 Å². The smallest absolute Gasteiger partial charge is 0.248 e. The fraction of sp³-hybridized carbons (Fsp3) is 0. The predicted octanol–water partition coefficient (Wildman–Crippen LogP) is 3.74. The molecule has 18 heavy (non-hydrogen) atoms. The summed E-state index contributed by atoms with van der Waals surface area (Å²) in [4.78, 5) is 12.7. The average molecular weight is 323 g/mol. The number of hydrogen-bond acceptors (Lipinski definition) is 3. The Balaban J connectivity index is 2.03. The topological polar surface area (TPSA) is 55.1 Å². The fourth-order valence-electron chi connectivity index (χ4n) is 1.35. The van der Waals surface area contributed by atoms with E-state index in [4.69, 9.17) is 5.73 Å². The largest absolute Gasteiger partial charge is 0.399 e. The molecule has 1 aromatic heterocycles. The molecule has 92 valence electrons. The molecule has 0 saturated heterocycles. The number of carbonyl (C=O) groups is 1. The first-order valence-corrected chi connectivity index (χ1v) is 6.90. The third-order valence-corrected chi connectivity index (χ3v) is 3.69. The van der Waals surface area contributed by atoms with Crippen LogP contribution < -0.4 is 11.1 Å². The lowest BCUT2D eigenvalue weighted by Gasteiger charge is -2.05. The number of carbonyl (C=O) groups excluding carboxylic acids is 1. The second kappa shape index (κ2) is 5.84. The molecule has 0 fully saturated rings. The van der Waals surface area contributed by atoms with Crippen LogP contribution in [0.25, 0.3) is 6.08 Å². The summed E-state index contributed by atoms with van der Waals surface area (Å²) in [5.41, 5.74) is 6.97. The van der Waals surface area contributed by atoms with Gasteiger partial charge in [0.1, 0.15) is 0 Å². The van der Waals surface area contributed by atoms with Crippen molar-refractivity contribution in [3.05, 3.63) is 51.1 Å². The van der Waals surface area contributed by atoms with Gasteiger partial charge in [-0.3, -0.25) is 4.79 Å². The fourth-order valence-corrected chi connectivity index (χ4v) is 2.46. The standard InChI is InChI=1S/C13H11BrN2OS/c14-11-8-9(15)3-5-12(11)16-13(17)6-4-10-2-1-7-18-10/h1-8H,15H2,(H,16,17)/b6-4+. The predicted molar refractivity (Wildman–Crippen MR) is 80.5 cm³/mol. The Labute approximate surface area is 117 Å². The number of anilines is 2. The summed E-state index contributed by atoms with van der Waals surface area (Å²) in [5.74, 6) is -0.172. The van der Waals surface area contributed by atoms with Gasteiger partial charge in [0.05, 0.1) is 5.69 Å². The Morgan fingerprint density at radius 2 is 2.22 bits per heavy atom. The number of nitrogen functional groups attached to an aromatic ring is 1. The van der Waals surface area contributed by atoms with E-state index in [1.807, 2.05) is 17.5 Å². The minimum atomic E-state index is -0.172. The zero-order valence-corrected chi connectivity index (χ0v) is 11.8. The quantitative estimate of drug-likeness (QED) is 0.668. The maximum atomic E-state index is 11.7. The van der Waals surface area contributed by atoms with Gasteiger partial charge < -0.3 is 11.1 Å². The summed E-state index contributed by atoms with van der Waals surface area (Å²) in [6.07, 6.45) is 3.29. The van der Waals surface area contributed by atoms with Crippen LogP contribution in [0, 0.1) is 0 Å². The van der Waals surface area contributed by atoms with Gasteiger partial charge in [0.15, 0.2) is 0 Å². The monoisotopic (exact) mass is 322 g/mol. The van der Waals surface area contributed by atoms with Crippen molar-refractivity contribution in [1.29, 1.82) is 0 Å². The van der Waals surface area contributed by atoms with E-state index in [2.05, 4.69) is 21.2 Å². The molecule has 3 N–H and O–H groups in total. The van der Waals surface area contributed by atoms with Gasteiger partial charge in [-0.15, -0.1) is 11.3 Å². The molecular formula is C13H11BrN2OS. The van der Waals surface area contributed by atoms with E-state index in [1.165, 1.54) is 6.08 Å². The molecule has 0 spiro atoms. The molecule has 1 aromatic carbocycles. The number of rotatable bonds is 3. The third kappa shape index (κ3) is 3.45. The molecule has 2 rings (SSSR count). The first-order valence-electron chi connectivity index (χ1n) is 5.23. The lowest BCUT2D eigenvalue weighted by Crippen LogP contribution is -2.08. The summed E-state index contributed by atoms with van der Waals surface area (Å²) >= 11 is 4.93. The number of nitrogens with one attached hydrogen (secondary N) is 1. The number of amides is 1. The molecule has 0 radical (unpaired) electrons. The van der Waals surface area contributed by atoms with Gasteiger partial charge in [-0.25, -0.2) is 0 Å². The maximum absolute atomic E-state index is 11.7. The highest BCUT2D eigenvalue weighted by Gasteiger charge is 2.02. The number of hydrogen-bond donors (Lipinski definition) is 2. The van der Waals surface area contributed by atoms with Crippen molar-refractivity contribution in [1.82, 2.24) is 0 Å². The summed E-state index contributed by atoms with van der Waals surface area (Å²) in [6.45, 7) is 0. The highest BCUT2D eigenvalue weighted by Crippen LogP contribution is 2.24. The van der Waals surface area contributed by atoms with Gasteiger partial charge in [-0.1, -0.05) is 6.07 Å². The highest BCUT2D eigenvalue weighted by atomic mass is 79.9. The Bertz CT molecular complexity index is 579. The molecule has 2 aromatic rings. The summed E-state index contributed by atoms with van der Waals surface area (Å²) in [6, 6.07) is 9.14. The Morgan fingerprint density at radius 3 is 2.89 bits per heavy atom. The molecule has 1 amide bonds. The maximum Gasteiger partial charge on any atom is 0.248 e. The van der Waals surface area contributed by atoms with E-state index in [-0.39, 0.29) is 5.91 Å². The van der Waals surface area contributed by atoms with Crippen LogP contribution in [0.15, 0.2) is 46.3 Å². The summed E-state index contributed by atoms with van der Waals surface area (Å²) in [5, 5.41) is 4.74. The van der Waals surface area contributed by atoms with Crippen LogP contribution in [-0.2, 0) is 4.79 Å². The molecule has 0 aliphatic heterocycles. The third-order valence-electron chi connectivity index (χ3n) is 2.19. The molecular weight excluding hydrogens is 312 g/mol. The van der Waals surface area contributed by atoms with E-state index in [9.17, 15) is 4.79 Å². The van der Waals surface area contributed by atoms with E-state index in [0.29, 0.717) is 11.4 Å². The summed E-state index contributed by atoms with van der Waals surface area (Å²) < 4.78 is 0.764. The number of halogens is 1. The second-order valence-corrected chi connectivity index (χ2v) is 5.41. The van der Waals surface area contributed by atoms with Gasteiger partial charge in [0.2, 0.25) is 5.91 Å². The van der Waals surface area contributed by atoms with Crippen LogP contribution in [0.3, 0.4) is 0 Å². The Morgan fingerprint density at radius 1 is 1.39 bits per heavy atom. The molecule has 0 aliphatic carbocycles. The molecule has 0 saturated carbocycles. The SMILES string of the molecule is Nc1ccc(NC(=O)/C=C/c2cccs2)c(Br)c1. The lowest BCUT2D eigenvalue weighted by atomic mass is 10.3. The minimum Gasteiger partial charge on any atom is -0.399 e. The van der Waals surface area contributed by atoms with Crippen LogP contribution in [0.1, 0.15) is 4.88 Å². The zero-order chi connectivity index (χ0) is 13.0. The first-order chi connectivity index (χ1) is 8.65. The van der Waals surface area contributed by atoms with E-state index in [1.54, 1.807) is 35.6 Å². The van der Waals surface area contributed by atoms with Crippen molar-refractivity contribution >= 4 is 50.6 Å². The van der Waals surface area contributed by atoms with Crippen molar-refractivity contribution in [2.24, 2.45) is 0 Å². The highest BCUT2D eigenvalue weighted by molar-refractivity contribution is 9.10. The molecule has 0 atom stereocenters. The number of benzene rings is 1.